The van der Waals surface area contributed by atoms with Gasteiger partial charge in [0.2, 0.25) is 0 Å². The molecule has 2 aromatic rings. The summed E-state index contributed by atoms with van der Waals surface area (Å²) in [5.74, 6) is -0.270. The Hall–Kier alpha value is -1.48. The number of nitrogens with zero attached hydrogens (tertiary/aromatic N) is 1. The highest BCUT2D eigenvalue weighted by Gasteiger charge is 2.29. The van der Waals surface area contributed by atoms with Crippen molar-refractivity contribution in [1.82, 2.24) is 4.98 Å². The van der Waals surface area contributed by atoms with E-state index in [9.17, 15) is 4.39 Å². The van der Waals surface area contributed by atoms with E-state index >= 15 is 0 Å². The van der Waals surface area contributed by atoms with E-state index in [1.165, 1.54) is 12.5 Å². The molecular weight excluding hydrogens is 227 g/mol. The van der Waals surface area contributed by atoms with Crippen LogP contribution in [0, 0.1) is 5.82 Å². The van der Waals surface area contributed by atoms with Crippen molar-refractivity contribution >= 4 is 10.9 Å². The van der Waals surface area contributed by atoms with Crippen molar-refractivity contribution in [3.8, 4) is 0 Å². The van der Waals surface area contributed by atoms with Crippen molar-refractivity contribution in [3.63, 3.8) is 0 Å². The molecule has 2 nitrogen and oxygen atoms in total. The first-order chi connectivity index (χ1) is 8.69. The van der Waals surface area contributed by atoms with Gasteiger partial charge in [-0.05, 0) is 30.5 Å². The Balaban J connectivity index is 2.08. The predicted octanol–water partition coefficient (Wildman–Crippen LogP) is 3.49. The second-order valence-electron chi connectivity index (χ2n) is 5.25. The van der Waals surface area contributed by atoms with Crippen LogP contribution in [0.3, 0.4) is 0 Å². The molecule has 94 valence electrons. The molecule has 1 aliphatic rings. The standard InChI is InChI=1S/C15H17FN2/c16-13-6-4-5-11-9-12(10-18-14(11)13)15(17)7-2-1-3-8-15/h4-6,9-10H,1-3,7-8,17H2. The monoisotopic (exact) mass is 244 g/mol. The van der Waals surface area contributed by atoms with Crippen LogP contribution in [0.5, 0.6) is 0 Å². The molecule has 1 fully saturated rings. The number of nitrogens with two attached hydrogens (primary N) is 1. The van der Waals surface area contributed by atoms with Gasteiger partial charge in [0.25, 0.3) is 0 Å². The third-order valence-electron chi connectivity index (χ3n) is 3.98. The topological polar surface area (TPSA) is 38.9 Å². The van der Waals surface area contributed by atoms with E-state index in [1.54, 1.807) is 12.3 Å². The van der Waals surface area contributed by atoms with Crippen molar-refractivity contribution in [2.24, 2.45) is 5.73 Å². The van der Waals surface area contributed by atoms with Gasteiger partial charge in [0.1, 0.15) is 11.3 Å². The van der Waals surface area contributed by atoms with Gasteiger partial charge < -0.3 is 5.73 Å². The van der Waals surface area contributed by atoms with Crippen molar-refractivity contribution < 1.29 is 4.39 Å². The van der Waals surface area contributed by atoms with Crippen LogP contribution in [-0.2, 0) is 5.54 Å². The minimum absolute atomic E-state index is 0.270. The lowest BCUT2D eigenvalue weighted by Gasteiger charge is -2.33. The minimum Gasteiger partial charge on any atom is -0.321 e. The Morgan fingerprint density at radius 2 is 1.94 bits per heavy atom. The number of halogens is 1. The third-order valence-corrected chi connectivity index (χ3v) is 3.98. The average Bonchev–Trinajstić information content (AvgIpc) is 2.39. The average molecular weight is 244 g/mol. The number of para-hydroxylation sites is 1. The fraction of sp³-hybridized carbons (Fsp3) is 0.400. The molecule has 1 aromatic carbocycles. The maximum atomic E-state index is 13.6. The number of aromatic nitrogens is 1. The van der Waals surface area contributed by atoms with E-state index in [-0.39, 0.29) is 11.4 Å². The van der Waals surface area contributed by atoms with Crippen LogP contribution in [0.4, 0.5) is 4.39 Å². The number of hydrogen-bond donors (Lipinski definition) is 1. The zero-order chi connectivity index (χ0) is 12.6. The van der Waals surface area contributed by atoms with Crippen LogP contribution < -0.4 is 5.73 Å². The lowest BCUT2D eigenvalue weighted by atomic mass is 9.78. The quantitative estimate of drug-likeness (QED) is 0.834. The molecule has 0 aliphatic heterocycles. The van der Waals surface area contributed by atoms with Crippen molar-refractivity contribution in [2.45, 2.75) is 37.6 Å². The van der Waals surface area contributed by atoms with Gasteiger partial charge in [-0.2, -0.15) is 0 Å². The summed E-state index contributed by atoms with van der Waals surface area (Å²) in [5, 5.41) is 0.836. The molecule has 3 heteroatoms. The summed E-state index contributed by atoms with van der Waals surface area (Å²) in [6, 6.07) is 7.04. The van der Waals surface area contributed by atoms with Gasteiger partial charge in [-0.3, -0.25) is 4.98 Å². The number of fused-ring (bicyclic) bond motifs is 1. The van der Waals surface area contributed by atoms with Gasteiger partial charge >= 0.3 is 0 Å². The summed E-state index contributed by atoms with van der Waals surface area (Å²) in [4.78, 5) is 4.25. The van der Waals surface area contributed by atoms with Crippen LogP contribution >= 0.6 is 0 Å². The fourth-order valence-electron chi connectivity index (χ4n) is 2.87. The number of benzene rings is 1. The molecule has 1 aliphatic carbocycles. The van der Waals surface area contributed by atoms with Crippen molar-refractivity contribution in [3.05, 3.63) is 41.8 Å². The molecule has 0 amide bonds. The summed E-state index contributed by atoms with van der Waals surface area (Å²) >= 11 is 0. The summed E-state index contributed by atoms with van der Waals surface area (Å²) in [7, 11) is 0. The molecule has 1 saturated carbocycles. The lowest BCUT2D eigenvalue weighted by molar-refractivity contribution is 0.302. The maximum Gasteiger partial charge on any atom is 0.149 e. The highest BCUT2D eigenvalue weighted by molar-refractivity contribution is 5.79. The molecule has 0 spiro atoms. The zero-order valence-electron chi connectivity index (χ0n) is 10.3. The van der Waals surface area contributed by atoms with Crippen LogP contribution in [-0.4, -0.2) is 4.98 Å². The van der Waals surface area contributed by atoms with E-state index in [4.69, 9.17) is 5.73 Å². The summed E-state index contributed by atoms with van der Waals surface area (Å²) < 4.78 is 13.6. The summed E-state index contributed by atoms with van der Waals surface area (Å²) in [6.07, 6.45) is 7.33. The SMILES string of the molecule is NC1(c2cnc3c(F)cccc3c2)CCCCC1. The van der Waals surface area contributed by atoms with E-state index in [2.05, 4.69) is 4.98 Å². The molecule has 0 saturated heterocycles. The summed E-state index contributed by atoms with van der Waals surface area (Å²) in [6.45, 7) is 0. The molecule has 3 rings (SSSR count). The molecule has 0 atom stereocenters. The van der Waals surface area contributed by atoms with Gasteiger partial charge in [-0.1, -0.05) is 31.4 Å². The Labute approximate surface area is 106 Å². The zero-order valence-corrected chi connectivity index (χ0v) is 10.3. The Morgan fingerprint density at radius 1 is 1.17 bits per heavy atom. The Kier molecular flexibility index (Phi) is 2.78. The van der Waals surface area contributed by atoms with Crippen LogP contribution in [0.2, 0.25) is 0 Å². The summed E-state index contributed by atoms with van der Waals surface area (Å²) in [5.41, 5.74) is 7.68. The minimum atomic E-state index is -0.272. The first kappa shape index (κ1) is 11.6. The largest absolute Gasteiger partial charge is 0.321 e. The smallest absolute Gasteiger partial charge is 0.149 e. The highest BCUT2D eigenvalue weighted by atomic mass is 19.1. The predicted molar refractivity (Wildman–Crippen MR) is 70.7 cm³/mol. The van der Waals surface area contributed by atoms with Gasteiger partial charge in [-0.15, -0.1) is 0 Å². The Morgan fingerprint density at radius 3 is 2.72 bits per heavy atom. The van der Waals surface area contributed by atoms with E-state index in [1.807, 2.05) is 12.1 Å². The highest BCUT2D eigenvalue weighted by Crippen LogP contribution is 2.35. The molecule has 0 bridgehead atoms. The van der Waals surface area contributed by atoms with Gasteiger partial charge in [0.05, 0.1) is 0 Å². The molecule has 2 N–H and O–H groups in total. The van der Waals surface area contributed by atoms with Crippen molar-refractivity contribution in [2.75, 3.05) is 0 Å². The van der Waals surface area contributed by atoms with Crippen molar-refractivity contribution in [1.29, 1.82) is 0 Å². The second-order valence-corrected chi connectivity index (χ2v) is 5.25. The third kappa shape index (κ3) is 1.89. The number of hydrogen-bond acceptors (Lipinski definition) is 2. The van der Waals surface area contributed by atoms with Crippen LogP contribution in [0.25, 0.3) is 10.9 Å². The van der Waals surface area contributed by atoms with E-state index in [0.717, 1.165) is 36.6 Å². The molecule has 1 aromatic heterocycles. The molecular formula is C15H17FN2. The Bertz CT molecular complexity index is 574. The van der Waals surface area contributed by atoms with E-state index in [0.29, 0.717) is 5.52 Å². The molecule has 18 heavy (non-hydrogen) atoms. The second kappa shape index (κ2) is 4.32. The maximum absolute atomic E-state index is 13.6. The first-order valence-corrected chi connectivity index (χ1v) is 6.53. The number of rotatable bonds is 1. The van der Waals surface area contributed by atoms with Crippen LogP contribution in [0.15, 0.2) is 30.5 Å². The van der Waals surface area contributed by atoms with Gasteiger partial charge in [0.15, 0.2) is 0 Å². The molecule has 0 unspecified atom stereocenters. The van der Waals surface area contributed by atoms with Gasteiger partial charge in [0, 0.05) is 17.1 Å². The first-order valence-electron chi connectivity index (χ1n) is 6.53. The molecule has 0 radical (unpaired) electrons. The fourth-order valence-corrected chi connectivity index (χ4v) is 2.87. The van der Waals surface area contributed by atoms with Gasteiger partial charge in [-0.25, -0.2) is 4.39 Å². The van der Waals surface area contributed by atoms with Crippen LogP contribution in [0.1, 0.15) is 37.7 Å². The normalized spacial score (nSPS) is 19.0. The number of pyridine rings is 1. The molecule has 1 heterocycles. The van der Waals surface area contributed by atoms with E-state index < -0.39 is 0 Å². The lowest BCUT2D eigenvalue weighted by Crippen LogP contribution is -2.38.